The van der Waals surface area contributed by atoms with Gasteiger partial charge in [-0.3, -0.25) is 4.79 Å². The molecular formula is C20H24N10O. The van der Waals surface area contributed by atoms with Gasteiger partial charge in [0.25, 0.3) is 0 Å². The van der Waals surface area contributed by atoms with Crippen LogP contribution in [0.2, 0.25) is 0 Å². The molecule has 2 aliphatic heterocycles. The fourth-order valence-corrected chi connectivity index (χ4v) is 4.16. The molecule has 0 N–H and O–H groups in total. The van der Waals surface area contributed by atoms with Crippen LogP contribution in [0.3, 0.4) is 0 Å². The van der Waals surface area contributed by atoms with E-state index >= 15 is 0 Å². The number of piperazine rings is 1. The molecule has 0 aliphatic carbocycles. The van der Waals surface area contributed by atoms with Crippen LogP contribution in [0.5, 0.6) is 0 Å². The van der Waals surface area contributed by atoms with Crippen LogP contribution in [0.15, 0.2) is 43.5 Å². The molecule has 0 radical (unpaired) electrons. The Hall–Kier alpha value is -3.63. The van der Waals surface area contributed by atoms with Crippen LogP contribution >= 0.6 is 0 Å². The first-order valence-electron chi connectivity index (χ1n) is 10.5. The summed E-state index contributed by atoms with van der Waals surface area (Å²) < 4.78 is 1.61. The van der Waals surface area contributed by atoms with E-state index in [2.05, 4.69) is 39.8 Å². The van der Waals surface area contributed by atoms with Crippen LogP contribution in [-0.4, -0.2) is 84.8 Å². The molecule has 0 spiro atoms. The topological polar surface area (TPSA) is 109 Å². The van der Waals surface area contributed by atoms with Crippen molar-refractivity contribution in [1.82, 2.24) is 39.6 Å². The minimum absolute atomic E-state index is 0.0624. The van der Waals surface area contributed by atoms with Crippen molar-refractivity contribution in [1.29, 1.82) is 0 Å². The third kappa shape index (κ3) is 4.16. The molecule has 2 fully saturated rings. The van der Waals surface area contributed by atoms with Crippen molar-refractivity contribution in [2.45, 2.75) is 12.8 Å². The first-order chi connectivity index (χ1) is 15.3. The van der Waals surface area contributed by atoms with Gasteiger partial charge in [-0.1, -0.05) is 0 Å². The second-order valence-electron chi connectivity index (χ2n) is 7.70. The predicted molar refractivity (Wildman–Crippen MR) is 113 cm³/mol. The number of nitrogens with zero attached hydrogens (tertiary/aromatic N) is 10. The fraction of sp³-hybridized carbons (Fsp3) is 0.450. The lowest BCUT2D eigenvalue weighted by molar-refractivity contribution is -0.136. The second-order valence-corrected chi connectivity index (χ2v) is 7.70. The highest BCUT2D eigenvalue weighted by atomic mass is 16.2. The fourth-order valence-electron chi connectivity index (χ4n) is 4.16. The number of carbonyl (C=O) groups excluding carboxylic acids is 1. The normalized spacial score (nSPS) is 17.7. The summed E-state index contributed by atoms with van der Waals surface area (Å²) in [5.41, 5.74) is 0. The molecule has 0 atom stereocenters. The zero-order valence-electron chi connectivity index (χ0n) is 17.2. The monoisotopic (exact) mass is 420 g/mol. The summed E-state index contributed by atoms with van der Waals surface area (Å²) in [5, 5.41) is 4.12. The molecule has 0 bridgehead atoms. The molecular weight excluding hydrogens is 396 g/mol. The van der Waals surface area contributed by atoms with E-state index in [0.717, 1.165) is 50.8 Å². The molecule has 3 aromatic rings. The molecule has 11 nitrogen and oxygen atoms in total. The van der Waals surface area contributed by atoms with Crippen molar-refractivity contribution < 1.29 is 4.79 Å². The maximum atomic E-state index is 13.1. The van der Waals surface area contributed by atoms with E-state index in [1.807, 2.05) is 17.0 Å². The molecule has 3 aromatic heterocycles. The first kappa shape index (κ1) is 19.3. The number of anilines is 2. The second kappa shape index (κ2) is 8.62. The third-order valence-electron chi connectivity index (χ3n) is 5.89. The standard InChI is InChI=1S/C20H24N10O/c31-19(28-8-10-29(11-9-28)20-22-4-1-5-23-20)16-2-6-27(7-3-16)17-12-18(25-14-24-17)30-15-21-13-26-30/h1,4-5,12-16H,2-3,6-11H2. The Balaban J connectivity index is 1.15. The van der Waals surface area contributed by atoms with Crippen LogP contribution in [0.1, 0.15) is 12.8 Å². The van der Waals surface area contributed by atoms with Gasteiger partial charge in [0.05, 0.1) is 0 Å². The molecule has 11 heteroatoms. The molecule has 2 aliphatic rings. The van der Waals surface area contributed by atoms with Crippen molar-refractivity contribution in [2.75, 3.05) is 49.1 Å². The van der Waals surface area contributed by atoms with Crippen LogP contribution in [0.25, 0.3) is 5.82 Å². The number of amides is 1. The van der Waals surface area contributed by atoms with Crippen molar-refractivity contribution in [3.05, 3.63) is 43.5 Å². The minimum atomic E-state index is 0.0624. The number of rotatable bonds is 4. The Morgan fingerprint density at radius 1 is 0.839 bits per heavy atom. The third-order valence-corrected chi connectivity index (χ3v) is 5.89. The first-order valence-corrected chi connectivity index (χ1v) is 10.5. The molecule has 2 saturated heterocycles. The van der Waals surface area contributed by atoms with E-state index < -0.39 is 0 Å². The van der Waals surface area contributed by atoms with Gasteiger partial charge in [-0.2, -0.15) is 5.10 Å². The van der Waals surface area contributed by atoms with Gasteiger partial charge in [-0.15, -0.1) is 0 Å². The minimum Gasteiger partial charge on any atom is -0.356 e. The highest BCUT2D eigenvalue weighted by molar-refractivity contribution is 5.79. The highest BCUT2D eigenvalue weighted by Crippen LogP contribution is 2.24. The quantitative estimate of drug-likeness (QED) is 0.593. The van der Waals surface area contributed by atoms with Crippen molar-refractivity contribution in [3.8, 4) is 5.82 Å². The van der Waals surface area contributed by atoms with Crippen LogP contribution in [0.4, 0.5) is 11.8 Å². The summed E-state index contributed by atoms with van der Waals surface area (Å²) in [6.45, 7) is 4.54. The number of piperidine rings is 1. The highest BCUT2D eigenvalue weighted by Gasteiger charge is 2.31. The molecule has 160 valence electrons. The van der Waals surface area contributed by atoms with E-state index in [9.17, 15) is 4.79 Å². The van der Waals surface area contributed by atoms with E-state index in [1.165, 1.54) is 6.33 Å². The van der Waals surface area contributed by atoms with Gasteiger partial charge in [-0.05, 0) is 18.9 Å². The van der Waals surface area contributed by atoms with E-state index in [4.69, 9.17) is 0 Å². The van der Waals surface area contributed by atoms with Crippen LogP contribution < -0.4 is 9.80 Å². The zero-order chi connectivity index (χ0) is 21.0. The van der Waals surface area contributed by atoms with Gasteiger partial charge in [0, 0.05) is 63.6 Å². The largest absolute Gasteiger partial charge is 0.356 e. The molecule has 31 heavy (non-hydrogen) atoms. The number of aromatic nitrogens is 7. The van der Waals surface area contributed by atoms with Gasteiger partial charge in [0.2, 0.25) is 11.9 Å². The Bertz CT molecular complexity index is 996. The number of hydrogen-bond acceptors (Lipinski definition) is 9. The van der Waals surface area contributed by atoms with E-state index in [-0.39, 0.29) is 11.8 Å². The summed E-state index contributed by atoms with van der Waals surface area (Å²) in [6, 6.07) is 3.72. The molecule has 0 aromatic carbocycles. The molecule has 5 rings (SSSR count). The van der Waals surface area contributed by atoms with Gasteiger partial charge < -0.3 is 14.7 Å². The van der Waals surface area contributed by atoms with Gasteiger partial charge in [0.1, 0.15) is 24.8 Å². The van der Waals surface area contributed by atoms with Gasteiger partial charge >= 0.3 is 0 Å². The molecule has 1 amide bonds. The number of carbonyl (C=O) groups is 1. The van der Waals surface area contributed by atoms with Crippen molar-refractivity contribution >= 4 is 17.7 Å². The van der Waals surface area contributed by atoms with Crippen LogP contribution in [-0.2, 0) is 4.79 Å². The lowest BCUT2D eigenvalue weighted by Gasteiger charge is -2.38. The van der Waals surface area contributed by atoms with Crippen molar-refractivity contribution in [3.63, 3.8) is 0 Å². The predicted octanol–water partition coefficient (Wildman–Crippen LogP) is 0.413. The zero-order valence-corrected chi connectivity index (χ0v) is 17.2. The SMILES string of the molecule is O=C(C1CCN(c2cc(-n3cncn3)ncn2)CC1)N1CCN(c2ncccn2)CC1. The average molecular weight is 420 g/mol. The van der Waals surface area contributed by atoms with Crippen molar-refractivity contribution in [2.24, 2.45) is 5.92 Å². The Kier molecular flexibility index (Phi) is 5.38. The van der Waals surface area contributed by atoms with Gasteiger partial charge in [-0.25, -0.2) is 29.6 Å². The van der Waals surface area contributed by atoms with E-state index in [1.54, 1.807) is 29.7 Å². The Morgan fingerprint density at radius 3 is 2.29 bits per heavy atom. The lowest BCUT2D eigenvalue weighted by atomic mass is 9.95. The maximum Gasteiger partial charge on any atom is 0.225 e. The molecule has 0 unspecified atom stereocenters. The Labute approximate surface area is 179 Å². The molecule has 5 heterocycles. The number of hydrogen-bond donors (Lipinski definition) is 0. The summed E-state index contributed by atoms with van der Waals surface area (Å²) >= 11 is 0. The van der Waals surface area contributed by atoms with E-state index in [0.29, 0.717) is 18.9 Å². The maximum absolute atomic E-state index is 13.1. The Morgan fingerprint density at radius 2 is 1.58 bits per heavy atom. The summed E-state index contributed by atoms with van der Waals surface area (Å²) in [4.78, 5) is 40.6. The smallest absolute Gasteiger partial charge is 0.225 e. The van der Waals surface area contributed by atoms with Crippen LogP contribution in [0, 0.1) is 5.92 Å². The summed E-state index contributed by atoms with van der Waals surface area (Å²) in [7, 11) is 0. The summed E-state index contributed by atoms with van der Waals surface area (Å²) in [5.74, 6) is 2.59. The van der Waals surface area contributed by atoms with Gasteiger partial charge in [0.15, 0.2) is 5.82 Å². The average Bonchev–Trinajstić information content (AvgIpc) is 3.40. The molecule has 0 saturated carbocycles. The summed E-state index contributed by atoms with van der Waals surface area (Å²) in [6.07, 6.45) is 9.78. The lowest BCUT2D eigenvalue weighted by Crippen LogP contribution is -2.52.